The van der Waals surface area contributed by atoms with Crippen LogP contribution >= 0.6 is 0 Å². The summed E-state index contributed by atoms with van der Waals surface area (Å²) in [5.41, 5.74) is 4.70. The zero-order chi connectivity index (χ0) is 38.6. The molecule has 3 nitrogen and oxygen atoms in total. The van der Waals surface area contributed by atoms with Crippen LogP contribution in [0, 0.1) is 0 Å². The Morgan fingerprint density at radius 1 is 0.373 bits per heavy atom. The Labute approximate surface area is 349 Å². The van der Waals surface area contributed by atoms with Crippen molar-refractivity contribution in [3.05, 3.63) is 205 Å². The van der Waals surface area contributed by atoms with Gasteiger partial charge >= 0.3 is 352 Å². The Hall–Kier alpha value is -6.89. The van der Waals surface area contributed by atoms with Crippen molar-refractivity contribution in [2.75, 3.05) is 0 Å². The molecule has 0 saturated heterocycles. The Bertz CT molecular complexity index is 3800. The van der Waals surface area contributed by atoms with E-state index in [1.807, 2.05) is 0 Å². The molecule has 2 heterocycles. The number of fused-ring (bicyclic) bond motifs is 15. The van der Waals surface area contributed by atoms with E-state index in [2.05, 4.69) is 199 Å². The number of aromatic nitrogens is 1. The fraction of sp³-hybridized carbons (Fsp3) is 0.0182. The number of hydrogen-bond acceptors (Lipinski definition) is 2. The zero-order valence-corrected chi connectivity index (χ0v) is 33.9. The Kier molecular flexibility index (Phi) is 7.19. The second-order valence-corrected chi connectivity index (χ2v) is 18.3. The molecule has 0 saturated carbocycles. The van der Waals surface area contributed by atoms with Crippen LogP contribution in [-0.4, -0.2) is 14.2 Å². The van der Waals surface area contributed by atoms with Crippen molar-refractivity contribution in [1.82, 2.24) is 4.57 Å². The third kappa shape index (κ3) is 4.93. The molecule has 12 aromatic rings. The van der Waals surface area contributed by atoms with Crippen LogP contribution in [0.4, 0.5) is 0 Å². The van der Waals surface area contributed by atoms with Gasteiger partial charge in [-0.05, 0) is 0 Å². The predicted molar refractivity (Wildman–Crippen MR) is 247 cm³/mol. The number of benzene rings is 11. The molecule has 0 bridgehead atoms. The molecule has 1 aliphatic rings. The van der Waals surface area contributed by atoms with E-state index in [4.69, 9.17) is 9.98 Å². The summed E-state index contributed by atoms with van der Waals surface area (Å²) < 4.78 is 3.55. The topological polar surface area (TPSA) is 29.6 Å². The molecule has 4 heteroatoms. The van der Waals surface area contributed by atoms with E-state index in [0.29, 0.717) is 0 Å². The van der Waals surface area contributed by atoms with Crippen molar-refractivity contribution < 1.29 is 21.2 Å². The second-order valence-electron chi connectivity index (χ2n) is 15.6. The fourth-order valence-corrected chi connectivity index (χ4v) is 12.8. The van der Waals surface area contributed by atoms with E-state index >= 15 is 0 Å². The standard InChI is InChI=1S/C55H33IN3/c1-2-16-35-32-50-48(30-34(35)15-1)52-49(29-28-45-42-24-9-8-22-40(42)41-23-11-12-26-44(41)51(45)52)59(50)55-56-53(57-54(58-55)46-27-13-18-33-14-3-5-19-37(33)46)47-31-36-17-4-6-20-38(36)39-21-7-10-25-43(39)47/h1-32,53H/q-1. The number of rotatable bonds is 2. The van der Waals surface area contributed by atoms with Crippen molar-refractivity contribution in [3.63, 3.8) is 0 Å². The summed E-state index contributed by atoms with van der Waals surface area (Å²) in [4.78, 5) is 11.4. The Balaban J connectivity index is 1.16. The molecule has 0 spiro atoms. The summed E-state index contributed by atoms with van der Waals surface area (Å²) in [7, 11) is 0. The van der Waals surface area contributed by atoms with Crippen LogP contribution in [0.3, 0.4) is 0 Å². The van der Waals surface area contributed by atoms with Gasteiger partial charge in [0.25, 0.3) is 0 Å². The van der Waals surface area contributed by atoms with Crippen LogP contribution in [0.1, 0.15) is 15.2 Å². The van der Waals surface area contributed by atoms with Gasteiger partial charge < -0.3 is 0 Å². The average molecular weight is 863 g/mol. The van der Waals surface area contributed by atoms with Crippen LogP contribution < -0.4 is 21.2 Å². The molecule has 13 rings (SSSR count). The number of aliphatic imine (C=N–C) groups is 2. The summed E-state index contributed by atoms with van der Waals surface area (Å²) in [5, 5.41) is 20.1. The average Bonchev–Trinajstić information content (AvgIpc) is 3.63. The number of hydrogen-bond donors (Lipinski definition) is 0. The third-order valence-corrected chi connectivity index (χ3v) is 15.2. The van der Waals surface area contributed by atoms with Gasteiger partial charge in [-0.15, -0.1) is 0 Å². The van der Waals surface area contributed by atoms with E-state index in [9.17, 15) is 0 Å². The molecule has 0 amide bonds. The molecule has 11 aromatic carbocycles. The molecule has 1 aromatic heterocycles. The first-order valence-electron chi connectivity index (χ1n) is 20.1. The van der Waals surface area contributed by atoms with Gasteiger partial charge in [-0.3, -0.25) is 0 Å². The first-order chi connectivity index (χ1) is 29.3. The second kappa shape index (κ2) is 12.8. The number of nitrogens with zero attached hydrogens (tertiary/aromatic N) is 3. The van der Waals surface area contributed by atoms with Gasteiger partial charge in [0, 0.05) is 0 Å². The minimum absolute atomic E-state index is 0.0667. The molecule has 0 N–H and O–H groups in total. The molecule has 276 valence electrons. The van der Waals surface area contributed by atoms with Gasteiger partial charge in [0.05, 0.1) is 0 Å². The Morgan fingerprint density at radius 2 is 0.915 bits per heavy atom. The van der Waals surface area contributed by atoms with Gasteiger partial charge in [-0.2, -0.15) is 0 Å². The van der Waals surface area contributed by atoms with Gasteiger partial charge in [-0.1, -0.05) is 0 Å². The maximum absolute atomic E-state index is 5.71. The molecule has 1 atom stereocenters. The fourth-order valence-electron chi connectivity index (χ4n) is 9.81. The SMILES string of the molecule is c1ccc2cc3c(cc2c1)c1c2c4ccccc4c4ccccc4c2ccc1n3C1=NC(c2cccc3ccccc23)=NC(c2cc3ccccc3c3ccccc23)[I-]1. The van der Waals surface area contributed by atoms with E-state index < -0.39 is 21.2 Å². The van der Waals surface area contributed by atoms with E-state index in [-0.39, 0.29) is 4.05 Å². The summed E-state index contributed by atoms with van der Waals surface area (Å²) in [6.45, 7) is 0. The van der Waals surface area contributed by atoms with E-state index in [1.165, 1.54) is 97.4 Å². The van der Waals surface area contributed by atoms with Crippen LogP contribution in [0.2, 0.25) is 0 Å². The predicted octanol–water partition coefficient (Wildman–Crippen LogP) is 11.3. The number of amidine groups is 1. The zero-order valence-electron chi connectivity index (χ0n) is 31.8. The van der Waals surface area contributed by atoms with Gasteiger partial charge in [0.15, 0.2) is 0 Å². The third-order valence-electron chi connectivity index (χ3n) is 12.4. The van der Waals surface area contributed by atoms with Crippen molar-refractivity contribution in [1.29, 1.82) is 0 Å². The molecular formula is C55H33IN3-. The number of halogens is 1. The van der Waals surface area contributed by atoms with Gasteiger partial charge in [0.2, 0.25) is 0 Å². The first kappa shape index (κ1) is 33.1. The van der Waals surface area contributed by atoms with Crippen LogP contribution in [0.15, 0.2) is 204 Å². The van der Waals surface area contributed by atoms with Crippen molar-refractivity contribution >= 4 is 107 Å². The van der Waals surface area contributed by atoms with Crippen molar-refractivity contribution in [3.8, 4) is 0 Å². The maximum atomic E-state index is 5.71. The monoisotopic (exact) mass is 862 g/mol. The normalized spacial score (nSPS) is 14.9. The van der Waals surface area contributed by atoms with Crippen LogP contribution in [0.25, 0.3) is 97.2 Å². The van der Waals surface area contributed by atoms with Crippen molar-refractivity contribution in [2.45, 2.75) is 4.05 Å². The molecule has 0 aliphatic carbocycles. The molecule has 1 aliphatic heterocycles. The van der Waals surface area contributed by atoms with E-state index in [0.717, 1.165) is 20.6 Å². The minimum atomic E-state index is -0.819. The molecule has 1 unspecified atom stereocenters. The summed E-state index contributed by atoms with van der Waals surface area (Å²) >= 11 is -0.819. The first-order valence-corrected chi connectivity index (χ1v) is 22.5. The molecule has 0 fully saturated rings. The van der Waals surface area contributed by atoms with Gasteiger partial charge in [-0.25, -0.2) is 0 Å². The van der Waals surface area contributed by atoms with E-state index in [1.54, 1.807) is 0 Å². The van der Waals surface area contributed by atoms with Gasteiger partial charge in [0.1, 0.15) is 0 Å². The van der Waals surface area contributed by atoms with Crippen molar-refractivity contribution in [2.24, 2.45) is 9.98 Å². The quantitative estimate of drug-likeness (QED) is 0.0717. The Morgan fingerprint density at radius 3 is 1.66 bits per heavy atom. The molecule has 59 heavy (non-hydrogen) atoms. The summed E-state index contributed by atoms with van der Waals surface area (Å²) in [5.74, 6) is 0.790. The van der Waals surface area contributed by atoms with Crippen LogP contribution in [0.5, 0.6) is 0 Å². The summed E-state index contributed by atoms with van der Waals surface area (Å²) in [6.07, 6.45) is 0. The molecule has 0 radical (unpaired) electrons. The van der Waals surface area contributed by atoms with Crippen LogP contribution in [-0.2, 0) is 0 Å². The summed E-state index contributed by atoms with van der Waals surface area (Å²) in [6, 6.07) is 71.4. The number of alkyl halides is 1. The molecular weight excluding hydrogens is 830 g/mol.